The van der Waals surface area contributed by atoms with E-state index in [1.807, 2.05) is 0 Å². The molecule has 0 aliphatic carbocycles. The van der Waals surface area contributed by atoms with Crippen molar-refractivity contribution in [1.29, 1.82) is 0 Å². The molecule has 0 bridgehead atoms. The predicted molar refractivity (Wildman–Crippen MR) is 80.8 cm³/mol. The molecule has 1 atom stereocenters. The van der Waals surface area contributed by atoms with Crippen LogP contribution >= 0.6 is 15.9 Å². The van der Waals surface area contributed by atoms with Gasteiger partial charge in [-0.2, -0.15) is 0 Å². The molecular weight excluding hydrogens is 290 g/mol. The second-order valence-electron chi connectivity index (χ2n) is 5.18. The summed E-state index contributed by atoms with van der Waals surface area (Å²) < 4.78 is 1.19. The highest BCUT2D eigenvalue weighted by molar-refractivity contribution is 9.10. The van der Waals surface area contributed by atoms with Crippen molar-refractivity contribution in [2.24, 2.45) is 0 Å². The zero-order chi connectivity index (χ0) is 12.7. The SMILES string of the molecule is CCN1CC2CNCCN2c2cc(Br)cc(C)c21. The molecule has 1 N–H and O–H groups in total. The number of nitrogens with one attached hydrogen (secondary N) is 1. The zero-order valence-corrected chi connectivity index (χ0v) is 12.6. The van der Waals surface area contributed by atoms with Gasteiger partial charge in [-0.05, 0) is 31.5 Å². The molecule has 4 heteroatoms. The van der Waals surface area contributed by atoms with Crippen LogP contribution in [0.3, 0.4) is 0 Å². The Balaban J connectivity index is 2.11. The summed E-state index contributed by atoms with van der Waals surface area (Å²) in [6, 6.07) is 5.12. The molecule has 0 amide bonds. The molecule has 1 saturated heterocycles. The molecule has 1 unspecified atom stereocenters. The van der Waals surface area contributed by atoms with Gasteiger partial charge in [0.05, 0.1) is 17.4 Å². The Labute approximate surface area is 117 Å². The molecule has 2 aliphatic rings. The van der Waals surface area contributed by atoms with E-state index >= 15 is 0 Å². The molecule has 0 aromatic heterocycles. The van der Waals surface area contributed by atoms with Gasteiger partial charge in [-0.3, -0.25) is 0 Å². The minimum absolute atomic E-state index is 0.611. The second kappa shape index (κ2) is 4.74. The maximum absolute atomic E-state index is 3.64. The monoisotopic (exact) mass is 309 g/mol. The highest BCUT2D eigenvalue weighted by Crippen LogP contribution is 2.40. The van der Waals surface area contributed by atoms with E-state index in [0.717, 1.165) is 32.7 Å². The summed E-state index contributed by atoms with van der Waals surface area (Å²) >= 11 is 3.64. The smallest absolute Gasteiger partial charge is 0.0635 e. The van der Waals surface area contributed by atoms with Crippen LogP contribution in [0.25, 0.3) is 0 Å². The standard InChI is InChI=1S/C14H20BrN3/c1-3-17-9-12-8-16-4-5-18(12)13-7-11(15)6-10(2)14(13)17/h6-7,12,16H,3-5,8-9H2,1-2H3. The van der Waals surface area contributed by atoms with Crippen molar-refractivity contribution in [1.82, 2.24) is 5.32 Å². The summed E-state index contributed by atoms with van der Waals surface area (Å²) in [7, 11) is 0. The summed E-state index contributed by atoms with van der Waals surface area (Å²) in [6.45, 7) is 9.99. The third-order valence-corrected chi connectivity index (χ3v) is 4.49. The van der Waals surface area contributed by atoms with E-state index in [9.17, 15) is 0 Å². The molecule has 3 rings (SSSR count). The van der Waals surface area contributed by atoms with Crippen LogP contribution in [0.4, 0.5) is 11.4 Å². The molecule has 1 aromatic carbocycles. The van der Waals surface area contributed by atoms with Crippen LogP contribution in [0.1, 0.15) is 12.5 Å². The van der Waals surface area contributed by atoms with Gasteiger partial charge < -0.3 is 15.1 Å². The minimum atomic E-state index is 0.611. The summed E-state index contributed by atoms with van der Waals surface area (Å²) in [4.78, 5) is 5.10. The average molecular weight is 310 g/mol. The molecule has 3 nitrogen and oxygen atoms in total. The Hall–Kier alpha value is -0.740. The van der Waals surface area contributed by atoms with E-state index in [-0.39, 0.29) is 0 Å². The summed E-state index contributed by atoms with van der Waals surface area (Å²) in [6.07, 6.45) is 0. The van der Waals surface area contributed by atoms with Crippen LogP contribution in [-0.2, 0) is 0 Å². The van der Waals surface area contributed by atoms with Gasteiger partial charge in [0.15, 0.2) is 0 Å². The number of rotatable bonds is 1. The topological polar surface area (TPSA) is 18.5 Å². The lowest BCUT2D eigenvalue weighted by atomic mass is 10.0. The highest BCUT2D eigenvalue weighted by atomic mass is 79.9. The van der Waals surface area contributed by atoms with Crippen LogP contribution in [0.2, 0.25) is 0 Å². The van der Waals surface area contributed by atoms with Gasteiger partial charge in [-0.25, -0.2) is 0 Å². The van der Waals surface area contributed by atoms with E-state index in [1.54, 1.807) is 0 Å². The number of hydrogen-bond donors (Lipinski definition) is 1. The summed E-state index contributed by atoms with van der Waals surface area (Å²) in [5.41, 5.74) is 4.21. The van der Waals surface area contributed by atoms with Crippen LogP contribution in [0.5, 0.6) is 0 Å². The normalized spacial score (nSPS) is 22.7. The van der Waals surface area contributed by atoms with Gasteiger partial charge in [0.1, 0.15) is 0 Å². The zero-order valence-electron chi connectivity index (χ0n) is 11.0. The molecule has 2 heterocycles. The van der Waals surface area contributed by atoms with E-state index in [1.165, 1.54) is 21.4 Å². The average Bonchev–Trinajstić information content (AvgIpc) is 2.37. The van der Waals surface area contributed by atoms with Crippen molar-refractivity contribution in [2.75, 3.05) is 42.5 Å². The number of aryl methyl sites for hydroxylation is 1. The molecule has 1 fully saturated rings. The third kappa shape index (κ3) is 1.91. The number of likely N-dealkylation sites (N-methyl/N-ethyl adjacent to an activating group) is 1. The maximum atomic E-state index is 3.64. The van der Waals surface area contributed by atoms with Crippen molar-refractivity contribution in [3.8, 4) is 0 Å². The molecule has 0 spiro atoms. The van der Waals surface area contributed by atoms with Gasteiger partial charge in [0.2, 0.25) is 0 Å². The van der Waals surface area contributed by atoms with Crippen LogP contribution in [0, 0.1) is 6.92 Å². The van der Waals surface area contributed by atoms with Crippen molar-refractivity contribution < 1.29 is 0 Å². The summed E-state index contributed by atoms with van der Waals surface area (Å²) in [5, 5.41) is 3.51. The van der Waals surface area contributed by atoms with E-state index < -0.39 is 0 Å². The summed E-state index contributed by atoms with van der Waals surface area (Å²) in [5.74, 6) is 0. The lowest BCUT2D eigenvalue weighted by Gasteiger charge is -2.47. The molecule has 0 saturated carbocycles. The Morgan fingerprint density at radius 1 is 1.44 bits per heavy atom. The number of benzene rings is 1. The number of piperazine rings is 1. The fourth-order valence-electron chi connectivity index (χ4n) is 3.22. The molecule has 0 radical (unpaired) electrons. The molecule has 18 heavy (non-hydrogen) atoms. The third-order valence-electron chi connectivity index (χ3n) is 4.03. The maximum Gasteiger partial charge on any atom is 0.0635 e. The van der Waals surface area contributed by atoms with Crippen molar-refractivity contribution in [3.05, 3.63) is 22.2 Å². The Bertz CT molecular complexity index is 461. The van der Waals surface area contributed by atoms with Gasteiger partial charge >= 0.3 is 0 Å². The predicted octanol–water partition coefficient (Wildman–Crippen LogP) is 2.38. The largest absolute Gasteiger partial charge is 0.368 e. The van der Waals surface area contributed by atoms with Crippen LogP contribution in [-0.4, -0.2) is 38.8 Å². The fourth-order valence-corrected chi connectivity index (χ4v) is 3.78. The van der Waals surface area contributed by atoms with Gasteiger partial charge in [-0.1, -0.05) is 15.9 Å². The first-order valence-corrected chi connectivity index (χ1v) is 7.52. The lowest BCUT2D eigenvalue weighted by molar-refractivity contribution is 0.460. The van der Waals surface area contributed by atoms with Gasteiger partial charge in [-0.15, -0.1) is 0 Å². The highest BCUT2D eigenvalue weighted by Gasteiger charge is 2.32. The van der Waals surface area contributed by atoms with Crippen molar-refractivity contribution in [3.63, 3.8) is 0 Å². The fraction of sp³-hybridized carbons (Fsp3) is 0.571. The lowest BCUT2D eigenvalue weighted by Crippen LogP contribution is -2.59. The Kier molecular flexibility index (Phi) is 3.24. The quantitative estimate of drug-likeness (QED) is 0.859. The minimum Gasteiger partial charge on any atom is -0.368 e. The van der Waals surface area contributed by atoms with Gasteiger partial charge in [0.25, 0.3) is 0 Å². The molecule has 98 valence electrons. The molecule has 2 aliphatic heterocycles. The van der Waals surface area contributed by atoms with E-state index in [4.69, 9.17) is 0 Å². The Morgan fingerprint density at radius 3 is 3.06 bits per heavy atom. The van der Waals surface area contributed by atoms with Crippen LogP contribution in [0.15, 0.2) is 16.6 Å². The number of hydrogen-bond acceptors (Lipinski definition) is 3. The number of anilines is 2. The number of halogens is 1. The first-order chi connectivity index (χ1) is 8.70. The van der Waals surface area contributed by atoms with Crippen molar-refractivity contribution in [2.45, 2.75) is 19.9 Å². The molecular formula is C14H20BrN3. The first-order valence-electron chi connectivity index (χ1n) is 6.73. The van der Waals surface area contributed by atoms with Crippen molar-refractivity contribution >= 4 is 27.3 Å². The molecule has 1 aromatic rings. The Morgan fingerprint density at radius 2 is 2.28 bits per heavy atom. The van der Waals surface area contributed by atoms with E-state index in [2.05, 4.69) is 57.0 Å². The first kappa shape index (κ1) is 12.3. The van der Waals surface area contributed by atoms with Crippen LogP contribution < -0.4 is 15.1 Å². The van der Waals surface area contributed by atoms with Gasteiger partial charge in [0, 0.05) is 37.2 Å². The number of fused-ring (bicyclic) bond motifs is 3. The van der Waals surface area contributed by atoms with E-state index in [0.29, 0.717) is 6.04 Å². The number of nitrogens with zero attached hydrogens (tertiary/aromatic N) is 2. The second-order valence-corrected chi connectivity index (χ2v) is 6.10.